The predicted octanol–water partition coefficient (Wildman–Crippen LogP) is 1.08. The number of carbonyl (C=O) groups is 2. The molecule has 0 bridgehead atoms. The summed E-state index contributed by atoms with van der Waals surface area (Å²) in [6.45, 7) is 2.73. The van der Waals surface area contributed by atoms with E-state index in [-0.39, 0.29) is 6.54 Å². The molecule has 29 heavy (non-hydrogen) atoms. The summed E-state index contributed by atoms with van der Waals surface area (Å²) in [5.41, 5.74) is 9.78. The Kier molecular flexibility index (Phi) is 8.28. The van der Waals surface area contributed by atoms with Crippen LogP contribution in [0.5, 0.6) is 0 Å². The van der Waals surface area contributed by atoms with Crippen molar-refractivity contribution in [3.05, 3.63) is 65.2 Å². The molecule has 2 aromatic carbocycles. The average molecular weight is 390 g/mol. The van der Waals surface area contributed by atoms with Gasteiger partial charge in [0.15, 0.2) is 0 Å². The zero-order valence-electron chi connectivity index (χ0n) is 16.0. The number of benzene rings is 2. The average Bonchev–Trinajstić information content (AvgIpc) is 2.75. The summed E-state index contributed by atoms with van der Waals surface area (Å²) >= 11 is 0. The number of hydrogen-bond acceptors (Lipinski definition) is 5. The molecule has 148 valence electrons. The maximum Gasteiger partial charge on any atom is 0.267 e. The van der Waals surface area contributed by atoms with E-state index in [1.54, 1.807) is 24.3 Å². The number of hydrogen-bond donors (Lipinski definition) is 5. The second-order valence-corrected chi connectivity index (χ2v) is 5.93. The number of hydroxylamine groups is 1. The first-order valence-electron chi connectivity index (χ1n) is 8.98. The molecule has 2 amide bonds. The summed E-state index contributed by atoms with van der Waals surface area (Å²) in [4.78, 5) is 23.5. The number of amides is 2. The molecule has 6 N–H and O–H groups in total. The van der Waals surface area contributed by atoms with Crippen molar-refractivity contribution in [2.24, 2.45) is 5.73 Å². The lowest BCUT2D eigenvalue weighted by molar-refractivity contribution is -0.130. The number of rotatable bonds is 6. The predicted molar refractivity (Wildman–Crippen MR) is 111 cm³/mol. The first-order valence-corrected chi connectivity index (χ1v) is 8.98. The summed E-state index contributed by atoms with van der Waals surface area (Å²) in [7, 11) is 0. The van der Waals surface area contributed by atoms with Gasteiger partial charge in [0.25, 0.3) is 11.8 Å². The minimum Gasteiger partial charge on any atom is -0.385 e. The molecule has 0 spiro atoms. The lowest BCUT2D eigenvalue weighted by atomic mass is 10.1. The van der Waals surface area contributed by atoms with Crippen LogP contribution in [0.3, 0.4) is 0 Å². The summed E-state index contributed by atoms with van der Waals surface area (Å²) < 4.78 is 0. The minimum absolute atomic E-state index is 0.141. The van der Waals surface area contributed by atoms with E-state index >= 15 is 0 Å². The first-order chi connectivity index (χ1) is 14.1. The van der Waals surface area contributed by atoms with E-state index < -0.39 is 17.9 Å². The van der Waals surface area contributed by atoms with Gasteiger partial charge in [0, 0.05) is 35.5 Å². The molecule has 0 radical (unpaired) electrons. The van der Waals surface area contributed by atoms with Gasteiger partial charge in [-0.3, -0.25) is 14.8 Å². The second kappa shape index (κ2) is 11.2. The molecular formula is C22H22N4O3. The molecule has 0 unspecified atom stereocenters. The highest BCUT2D eigenvalue weighted by Crippen LogP contribution is 2.09. The van der Waals surface area contributed by atoms with E-state index in [1.807, 2.05) is 31.2 Å². The molecular weight excluding hydrogens is 368 g/mol. The Morgan fingerprint density at radius 1 is 1.07 bits per heavy atom. The zero-order valence-corrected chi connectivity index (χ0v) is 16.0. The molecule has 2 rings (SSSR count). The molecule has 0 aliphatic heterocycles. The fraction of sp³-hybridized carbons (Fsp3) is 0.182. The number of carbonyl (C=O) groups excluding carboxylic acids is 2. The van der Waals surface area contributed by atoms with E-state index in [1.165, 1.54) is 5.48 Å². The fourth-order valence-electron chi connectivity index (χ4n) is 2.37. The number of anilines is 1. The van der Waals surface area contributed by atoms with Crippen molar-refractivity contribution in [1.82, 2.24) is 10.8 Å². The molecule has 2 aromatic rings. The van der Waals surface area contributed by atoms with Gasteiger partial charge in [0.05, 0.1) is 0 Å². The van der Waals surface area contributed by atoms with Gasteiger partial charge in [-0.25, -0.2) is 5.48 Å². The van der Waals surface area contributed by atoms with Crippen LogP contribution >= 0.6 is 0 Å². The van der Waals surface area contributed by atoms with Crippen molar-refractivity contribution in [2.75, 3.05) is 18.4 Å². The Hall–Kier alpha value is -3.78. The van der Waals surface area contributed by atoms with Gasteiger partial charge in [-0.2, -0.15) is 0 Å². The summed E-state index contributed by atoms with van der Waals surface area (Å²) in [5, 5.41) is 14.3. The number of nitrogens with one attached hydrogen (secondary N) is 3. The SMILES string of the molecule is CCNc1cccc(C#CC#Cc2ccc(C(=O)N[C@@H](CN)C(=O)NO)cc2)c1. The molecule has 7 nitrogen and oxygen atoms in total. The van der Waals surface area contributed by atoms with Crippen molar-refractivity contribution in [3.8, 4) is 23.7 Å². The summed E-state index contributed by atoms with van der Waals surface area (Å²) in [6, 6.07) is 13.3. The number of nitrogens with two attached hydrogens (primary N) is 1. The first kappa shape index (κ1) is 21.5. The quantitative estimate of drug-likeness (QED) is 0.288. The highest BCUT2D eigenvalue weighted by Gasteiger charge is 2.19. The van der Waals surface area contributed by atoms with Crippen LogP contribution in [0.15, 0.2) is 48.5 Å². The van der Waals surface area contributed by atoms with Crippen molar-refractivity contribution in [1.29, 1.82) is 0 Å². The van der Waals surface area contributed by atoms with Gasteiger partial charge in [0.1, 0.15) is 6.04 Å². The molecule has 0 aromatic heterocycles. The highest BCUT2D eigenvalue weighted by atomic mass is 16.5. The Bertz CT molecular complexity index is 979. The molecule has 0 fully saturated rings. The van der Waals surface area contributed by atoms with Crippen LogP contribution in [0.1, 0.15) is 28.4 Å². The molecule has 0 heterocycles. The Morgan fingerprint density at radius 2 is 1.76 bits per heavy atom. The van der Waals surface area contributed by atoms with Crippen LogP contribution in [-0.2, 0) is 4.79 Å². The maximum atomic E-state index is 12.1. The Morgan fingerprint density at radius 3 is 2.38 bits per heavy atom. The van der Waals surface area contributed by atoms with E-state index in [4.69, 9.17) is 10.9 Å². The van der Waals surface area contributed by atoms with E-state index in [0.717, 1.165) is 17.8 Å². The van der Waals surface area contributed by atoms with Crippen molar-refractivity contribution >= 4 is 17.5 Å². The molecule has 0 aliphatic rings. The van der Waals surface area contributed by atoms with Gasteiger partial charge in [-0.15, -0.1) is 0 Å². The maximum absolute atomic E-state index is 12.1. The summed E-state index contributed by atoms with van der Waals surface area (Å²) in [6.07, 6.45) is 0. The fourth-order valence-corrected chi connectivity index (χ4v) is 2.37. The smallest absolute Gasteiger partial charge is 0.267 e. The van der Waals surface area contributed by atoms with Gasteiger partial charge >= 0.3 is 0 Å². The molecule has 0 aliphatic carbocycles. The minimum atomic E-state index is -1.02. The van der Waals surface area contributed by atoms with E-state index in [2.05, 4.69) is 34.3 Å². The van der Waals surface area contributed by atoms with Gasteiger partial charge in [-0.05, 0) is 61.2 Å². The van der Waals surface area contributed by atoms with Gasteiger partial charge in [0.2, 0.25) is 0 Å². The Labute approximate surface area is 169 Å². The third kappa shape index (κ3) is 6.71. The molecule has 0 saturated heterocycles. The van der Waals surface area contributed by atoms with Crippen LogP contribution in [0.2, 0.25) is 0 Å². The van der Waals surface area contributed by atoms with E-state index in [9.17, 15) is 9.59 Å². The van der Waals surface area contributed by atoms with Crippen LogP contribution in [-0.4, -0.2) is 36.2 Å². The van der Waals surface area contributed by atoms with Gasteiger partial charge < -0.3 is 16.4 Å². The van der Waals surface area contributed by atoms with Gasteiger partial charge in [-0.1, -0.05) is 17.9 Å². The topological polar surface area (TPSA) is 116 Å². The standard InChI is InChI=1S/C22H22N4O3/c1-2-24-19-9-5-8-17(14-19)7-4-3-6-16-10-12-18(13-11-16)21(27)25-20(15-23)22(28)26-29/h5,8-14,20,24,29H,2,15,23H2,1H3,(H,25,27)(H,26,28)/t20-/m0/s1. The molecule has 1 atom stereocenters. The van der Waals surface area contributed by atoms with Crippen molar-refractivity contribution in [2.45, 2.75) is 13.0 Å². The van der Waals surface area contributed by atoms with Crippen LogP contribution in [0.25, 0.3) is 0 Å². The molecule has 7 heteroatoms. The summed E-state index contributed by atoms with van der Waals surface area (Å²) in [5.74, 6) is 10.2. The monoisotopic (exact) mass is 390 g/mol. The zero-order chi connectivity index (χ0) is 21.1. The highest BCUT2D eigenvalue weighted by molar-refractivity contribution is 5.97. The van der Waals surface area contributed by atoms with Crippen LogP contribution in [0, 0.1) is 23.7 Å². The molecule has 0 saturated carbocycles. The van der Waals surface area contributed by atoms with Crippen molar-refractivity contribution < 1.29 is 14.8 Å². The van der Waals surface area contributed by atoms with Crippen LogP contribution < -0.4 is 21.8 Å². The Balaban J connectivity index is 2.01. The normalized spacial score (nSPS) is 10.4. The third-order valence-electron chi connectivity index (χ3n) is 3.83. The lowest BCUT2D eigenvalue weighted by Crippen LogP contribution is -2.50. The second-order valence-electron chi connectivity index (χ2n) is 5.93. The van der Waals surface area contributed by atoms with E-state index in [0.29, 0.717) is 11.1 Å². The largest absolute Gasteiger partial charge is 0.385 e. The third-order valence-corrected chi connectivity index (χ3v) is 3.83. The lowest BCUT2D eigenvalue weighted by Gasteiger charge is -2.14. The van der Waals surface area contributed by atoms with Crippen molar-refractivity contribution in [3.63, 3.8) is 0 Å². The van der Waals surface area contributed by atoms with Crippen LogP contribution in [0.4, 0.5) is 5.69 Å².